The predicted octanol–water partition coefficient (Wildman–Crippen LogP) is 1.64. The predicted molar refractivity (Wildman–Crippen MR) is 69.3 cm³/mol. The lowest BCUT2D eigenvalue weighted by Crippen LogP contribution is -2.44. The van der Waals surface area contributed by atoms with Crippen LogP contribution in [-0.2, 0) is 9.59 Å². The van der Waals surface area contributed by atoms with Crippen molar-refractivity contribution in [3.05, 3.63) is 0 Å². The van der Waals surface area contributed by atoms with E-state index in [1.807, 2.05) is 13.8 Å². The minimum atomic E-state index is -1.04. The van der Waals surface area contributed by atoms with Crippen LogP contribution in [0.2, 0.25) is 0 Å². The summed E-state index contributed by atoms with van der Waals surface area (Å²) >= 11 is 0. The highest BCUT2D eigenvalue weighted by Crippen LogP contribution is 2.24. The molecule has 0 rings (SSSR count). The van der Waals surface area contributed by atoms with Crippen LogP contribution in [0.3, 0.4) is 0 Å². The van der Waals surface area contributed by atoms with Crippen LogP contribution in [0.15, 0.2) is 0 Å². The van der Waals surface area contributed by atoms with Crippen LogP contribution in [0, 0.1) is 0 Å². The Kier molecular flexibility index (Phi) is 6.91. The fraction of sp³-hybridized carbons (Fsp3) is 0.846. The molecule has 5 nitrogen and oxygen atoms in total. The minimum absolute atomic E-state index is 0.0111. The summed E-state index contributed by atoms with van der Waals surface area (Å²) in [4.78, 5) is 23.9. The Bertz CT molecular complexity index is 285. The molecule has 0 radical (unpaired) electrons. The number of aliphatic carboxylic acids is 1. The first-order chi connectivity index (χ1) is 8.27. The lowest BCUT2D eigenvalue weighted by Gasteiger charge is -2.30. The van der Waals surface area contributed by atoms with E-state index in [0.717, 1.165) is 12.8 Å². The van der Waals surface area contributed by atoms with Crippen LogP contribution in [0.1, 0.15) is 52.9 Å². The van der Waals surface area contributed by atoms with Gasteiger partial charge in [-0.15, -0.1) is 0 Å². The van der Waals surface area contributed by atoms with Gasteiger partial charge in [0.05, 0.1) is 12.0 Å². The number of rotatable bonds is 8. The highest BCUT2D eigenvalue weighted by molar-refractivity contribution is 5.83. The van der Waals surface area contributed by atoms with E-state index in [2.05, 4.69) is 0 Å². The van der Waals surface area contributed by atoms with Crippen LogP contribution in [-0.4, -0.2) is 45.7 Å². The first-order valence-corrected chi connectivity index (χ1v) is 6.48. The second-order valence-corrected chi connectivity index (χ2v) is 4.92. The Labute approximate surface area is 109 Å². The van der Waals surface area contributed by atoms with Gasteiger partial charge in [0, 0.05) is 7.05 Å². The van der Waals surface area contributed by atoms with Crippen molar-refractivity contribution >= 4 is 11.9 Å². The lowest BCUT2D eigenvalue weighted by molar-refractivity contribution is -0.150. The molecule has 0 aromatic rings. The van der Waals surface area contributed by atoms with Crippen molar-refractivity contribution in [3.8, 4) is 0 Å². The van der Waals surface area contributed by atoms with Crippen molar-refractivity contribution in [3.63, 3.8) is 0 Å². The summed E-state index contributed by atoms with van der Waals surface area (Å²) in [7, 11) is 1.46. The van der Waals surface area contributed by atoms with E-state index in [-0.39, 0.29) is 12.3 Å². The number of nitrogens with zero attached hydrogens (tertiary/aromatic N) is 1. The number of carboxylic acid groups (broad SMARTS) is 1. The van der Waals surface area contributed by atoms with E-state index in [0.29, 0.717) is 12.8 Å². The van der Waals surface area contributed by atoms with Gasteiger partial charge in [0.25, 0.3) is 0 Å². The molecule has 0 bridgehead atoms. The van der Waals surface area contributed by atoms with Crippen molar-refractivity contribution in [1.82, 2.24) is 4.90 Å². The summed E-state index contributed by atoms with van der Waals surface area (Å²) in [5.41, 5.74) is -1.01. The smallest absolute Gasteiger partial charge is 0.326 e. The standard InChI is InChI=1S/C13H25NO4/c1-5-7-13(18,8-6-2)9-11(15)14(4)10(3)12(16)17/h10,18H,5-9H2,1-4H3,(H,16,17). The fourth-order valence-electron chi connectivity index (χ4n) is 2.02. The Morgan fingerprint density at radius 3 is 2.00 bits per heavy atom. The van der Waals surface area contributed by atoms with Crippen LogP contribution < -0.4 is 0 Å². The van der Waals surface area contributed by atoms with Crippen molar-refractivity contribution in [2.45, 2.75) is 64.5 Å². The lowest BCUT2D eigenvalue weighted by atomic mass is 9.88. The number of hydrogen-bond donors (Lipinski definition) is 2. The molecule has 106 valence electrons. The summed E-state index contributed by atoms with van der Waals surface area (Å²) in [6.45, 7) is 5.36. The third-order valence-corrected chi connectivity index (χ3v) is 3.24. The normalized spacial score (nSPS) is 13.2. The first-order valence-electron chi connectivity index (χ1n) is 6.48. The van der Waals surface area contributed by atoms with Crippen LogP contribution in [0.25, 0.3) is 0 Å². The maximum absolute atomic E-state index is 12.0. The Morgan fingerprint density at radius 2 is 1.67 bits per heavy atom. The van der Waals surface area contributed by atoms with Gasteiger partial charge >= 0.3 is 5.97 Å². The van der Waals surface area contributed by atoms with Crippen LogP contribution in [0.4, 0.5) is 0 Å². The molecule has 0 aliphatic heterocycles. The zero-order valence-electron chi connectivity index (χ0n) is 11.8. The zero-order valence-corrected chi connectivity index (χ0v) is 11.8. The van der Waals surface area contributed by atoms with Gasteiger partial charge in [-0.05, 0) is 19.8 Å². The summed E-state index contributed by atoms with van der Waals surface area (Å²) in [5, 5.41) is 19.2. The number of carboxylic acids is 1. The average Bonchev–Trinajstić information content (AvgIpc) is 2.27. The topological polar surface area (TPSA) is 77.8 Å². The molecule has 0 spiro atoms. The maximum Gasteiger partial charge on any atom is 0.326 e. The molecule has 0 saturated heterocycles. The van der Waals surface area contributed by atoms with E-state index in [9.17, 15) is 14.7 Å². The molecular formula is C13H25NO4. The van der Waals surface area contributed by atoms with E-state index >= 15 is 0 Å². The van der Waals surface area contributed by atoms with E-state index in [1.54, 1.807) is 0 Å². The van der Waals surface area contributed by atoms with Crippen LogP contribution in [0.5, 0.6) is 0 Å². The summed E-state index contributed by atoms with van der Waals surface area (Å²) in [6, 6.07) is -0.870. The number of carbonyl (C=O) groups excluding carboxylic acids is 1. The molecule has 5 heteroatoms. The number of aliphatic hydroxyl groups is 1. The second-order valence-electron chi connectivity index (χ2n) is 4.92. The number of amides is 1. The molecule has 2 N–H and O–H groups in total. The molecule has 0 aromatic carbocycles. The van der Waals surface area contributed by atoms with Crippen LogP contribution >= 0.6 is 0 Å². The molecule has 18 heavy (non-hydrogen) atoms. The fourth-order valence-corrected chi connectivity index (χ4v) is 2.02. The van der Waals surface area contributed by atoms with Gasteiger partial charge in [0.2, 0.25) is 5.91 Å². The van der Waals surface area contributed by atoms with Gasteiger partial charge < -0.3 is 15.1 Å². The molecule has 0 aliphatic carbocycles. The third-order valence-electron chi connectivity index (χ3n) is 3.24. The minimum Gasteiger partial charge on any atom is -0.480 e. The number of carbonyl (C=O) groups is 2. The molecule has 1 unspecified atom stereocenters. The van der Waals surface area contributed by atoms with Gasteiger partial charge in [-0.2, -0.15) is 0 Å². The quantitative estimate of drug-likeness (QED) is 0.694. The summed E-state index contributed by atoms with van der Waals surface area (Å²) < 4.78 is 0. The second kappa shape index (κ2) is 7.36. The van der Waals surface area contributed by atoms with Crippen molar-refractivity contribution in [1.29, 1.82) is 0 Å². The molecule has 0 saturated carbocycles. The average molecular weight is 259 g/mol. The van der Waals surface area contributed by atoms with Crippen molar-refractivity contribution in [2.24, 2.45) is 0 Å². The van der Waals surface area contributed by atoms with Gasteiger partial charge in [0.15, 0.2) is 0 Å². The van der Waals surface area contributed by atoms with Gasteiger partial charge in [0.1, 0.15) is 6.04 Å². The van der Waals surface area contributed by atoms with E-state index in [4.69, 9.17) is 5.11 Å². The van der Waals surface area contributed by atoms with Gasteiger partial charge in [-0.3, -0.25) is 4.79 Å². The number of hydrogen-bond acceptors (Lipinski definition) is 3. The molecule has 1 atom stereocenters. The molecule has 0 heterocycles. The zero-order chi connectivity index (χ0) is 14.3. The molecule has 1 amide bonds. The number of likely N-dealkylation sites (N-methyl/N-ethyl adjacent to an activating group) is 1. The van der Waals surface area contributed by atoms with E-state index < -0.39 is 17.6 Å². The summed E-state index contributed by atoms with van der Waals surface area (Å²) in [5.74, 6) is -1.37. The van der Waals surface area contributed by atoms with Gasteiger partial charge in [-0.1, -0.05) is 26.7 Å². The highest BCUT2D eigenvalue weighted by atomic mass is 16.4. The highest BCUT2D eigenvalue weighted by Gasteiger charge is 2.31. The Morgan fingerprint density at radius 1 is 1.22 bits per heavy atom. The Hall–Kier alpha value is -1.10. The molecular weight excluding hydrogens is 234 g/mol. The van der Waals surface area contributed by atoms with Crippen molar-refractivity contribution in [2.75, 3.05) is 7.05 Å². The Balaban J connectivity index is 4.64. The third kappa shape index (κ3) is 5.04. The van der Waals surface area contributed by atoms with Crippen molar-refractivity contribution < 1.29 is 19.8 Å². The SMILES string of the molecule is CCCC(O)(CCC)CC(=O)N(C)C(C)C(=O)O. The molecule has 0 aliphatic rings. The first kappa shape index (κ1) is 16.9. The van der Waals surface area contributed by atoms with E-state index in [1.165, 1.54) is 18.9 Å². The van der Waals surface area contributed by atoms with Gasteiger partial charge in [-0.25, -0.2) is 4.79 Å². The molecule has 0 aromatic heterocycles. The molecule has 0 fully saturated rings. The monoisotopic (exact) mass is 259 g/mol. The maximum atomic E-state index is 12.0. The largest absolute Gasteiger partial charge is 0.480 e. The summed E-state index contributed by atoms with van der Waals surface area (Å²) in [6.07, 6.45) is 2.69.